The summed E-state index contributed by atoms with van der Waals surface area (Å²) in [6.45, 7) is 1.66. The summed E-state index contributed by atoms with van der Waals surface area (Å²) in [6.07, 6.45) is 4.31. The zero-order chi connectivity index (χ0) is 11.0. The van der Waals surface area contributed by atoms with Gasteiger partial charge >= 0.3 is 0 Å². The predicted octanol–water partition coefficient (Wildman–Crippen LogP) is 1.81. The maximum Gasteiger partial charge on any atom is 0.138 e. The highest BCUT2D eigenvalue weighted by Gasteiger charge is 2.19. The van der Waals surface area contributed by atoms with Gasteiger partial charge in [0.15, 0.2) is 0 Å². The molecule has 4 nitrogen and oxygen atoms in total. The largest absolute Gasteiger partial charge is 0.385 e. The van der Waals surface area contributed by atoms with E-state index in [1.165, 1.54) is 0 Å². The van der Waals surface area contributed by atoms with Crippen LogP contribution in [0.3, 0.4) is 0 Å². The monoisotopic (exact) mass is 217 g/mol. The number of ether oxygens (including phenoxy) is 1. The van der Waals surface area contributed by atoms with Crippen molar-refractivity contribution in [1.82, 2.24) is 9.38 Å². The van der Waals surface area contributed by atoms with Crippen LogP contribution in [-0.4, -0.2) is 22.6 Å². The summed E-state index contributed by atoms with van der Waals surface area (Å²) in [4.78, 5) is 4.60. The summed E-state index contributed by atoms with van der Waals surface area (Å²) < 4.78 is 7.42. The molecule has 16 heavy (non-hydrogen) atoms. The third kappa shape index (κ3) is 1.55. The van der Waals surface area contributed by atoms with Gasteiger partial charge in [0, 0.05) is 18.7 Å². The first-order valence-electron chi connectivity index (χ1n) is 5.66. The average Bonchev–Trinajstić information content (AvgIpc) is 2.76. The smallest absolute Gasteiger partial charge is 0.138 e. The summed E-state index contributed by atoms with van der Waals surface area (Å²) in [7, 11) is 0. The molecule has 1 fully saturated rings. The number of rotatable bonds is 1. The molecule has 0 amide bonds. The Hall–Kier alpha value is -1.55. The average molecular weight is 217 g/mol. The summed E-state index contributed by atoms with van der Waals surface area (Å²) >= 11 is 0. The van der Waals surface area contributed by atoms with Crippen molar-refractivity contribution in [3.05, 3.63) is 30.1 Å². The van der Waals surface area contributed by atoms with Crippen LogP contribution in [0.5, 0.6) is 0 Å². The standard InChI is InChI=1S/C12H15N3O/c13-11-4-1-5-12-14-10(7-15(11)12)9-3-2-6-16-8-9/h1,4-5,7,9H,2-3,6,8,13H2. The summed E-state index contributed by atoms with van der Waals surface area (Å²) in [5.74, 6) is 1.15. The van der Waals surface area contributed by atoms with Gasteiger partial charge in [-0.2, -0.15) is 0 Å². The lowest BCUT2D eigenvalue weighted by atomic mass is 9.99. The molecule has 3 heterocycles. The van der Waals surface area contributed by atoms with E-state index in [4.69, 9.17) is 10.5 Å². The Morgan fingerprint density at radius 2 is 2.38 bits per heavy atom. The number of pyridine rings is 1. The highest BCUT2D eigenvalue weighted by Crippen LogP contribution is 2.25. The van der Waals surface area contributed by atoms with Crippen LogP contribution in [0, 0.1) is 0 Å². The molecule has 0 spiro atoms. The van der Waals surface area contributed by atoms with Gasteiger partial charge in [-0.15, -0.1) is 0 Å². The SMILES string of the molecule is Nc1cccc2nc(C3CCCOC3)cn12. The minimum absolute atomic E-state index is 0.424. The fourth-order valence-corrected chi connectivity index (χ4v) is 2.22. The van der Waals surface area contributed by atoms with Crippen LogP contribution in [0.2, 0.25) is 0 Å². The first-order chi connectivity index (χ1) is 7.84. The molecule has 1 aliphatic rings. The van der Waals surface area contributed by atoms with Crippen molar-refractivity contribution in [2.75, 3.05) is 18.9 Å². The van der Waals surface area contributed by atoms with Crippen LogP contribution in [0.1, 0.15) is 24.5 Å². The van der Waals surface area contributed by atoms with Crippen LogP contribution >= 0.6 is 0 Å². The number of nitrogen functional groups attached to an aromatic ring is 1. The highest BCUT2D eigenvalue weighted by molar-refractivity contribution is 5.49. The molecule has 0 aliphatic carbocycles. The molecule has 4 heteroatoms. The Bertz CT molecular complexity index is 500. The van der Waals surface area contributed by atoms with Crippen LogP contribution in [0.25, 0.3) is 5.65 Å². The molecule has 2 aromatic heterocycles. The third-order valence-corrected chi connectivity index (χ3v) is 3.12. The lowest BCUT2D eigenvalue weighted by molar-refractivity contribution is 0.0794. The zero-order valence-electron chi connectivity index (χ0n) is 9.10. The second kappa shape index (κ2) is 3.79. The first-order valence-corrected chi connectivity index (χ1v) is 5.66. The number of anilines is 1. The van der Waals surface area contributed by atoms with E-state index in [1.807, 2.05) is 28.8 Å². The lowest BCUT2D eigenvalue weighted by Crippen LogP contribution is -2.15. The van der Waals surface area contributed by atoms with Gasteiger partial charge in [-0.25, -0.2) is 4.98 Å². The van der Waals surface area contributed by atoms with Crippen LogP contribution in [0.15, 0.2) is 24.4 Å². The summed E-state index contributed by atoms with van der Waals surface area (Å²) in [5.41, 5.74) is 7.90. The Labute approximate surface area is 94.0 Å². The number of imidazole rings is 1. The van der Waals surface area contributed by atoms with Gasteiger partial charge in [-0.3, -0.25) is 4.40 Å². The van der Waals surface area contributed by atoms with E-state index in [9.17, 15) is 0 Å². The first kappa shape index (κ1) is 9.66. The molecule has 1 aliphatic heterocycles. The van der Waals surface area contributed by atoms with E-state index < -0.39 is 0 Å². The number of hydrogen-bond acceptors (Lipinski definition) is 3. The fourth-order valence-electron chi connectivity index (χ4n) is 2.22. The van der Waals surface area contributed by atoms with Gasteiger partial charge < -0.3 is 10.5 Å². The van der Waals surface area contributed by atoms with Crippen LogP contribution < -0.4 is 5.73 Å². The van der Waals surface area contributed by atoms with E-state index in [0.717, 1.165) is 43.2 Å². The van der Waals surface area contributed by atoms with Crippen molar-refractivity contribution in [1.29, 1.82) is 0 Å². The van der Waals surface area contributed by atoms with E-state index in [-0.39, 0.29) is 0 Å². The Kier molecular flexibility index (Phi) is 2.29. The Morgan fingerprint density at radius 1 is 1.44 bits per heavy atom. The lowest BCUT2D eigenvalue weighted by Gasteiger charge is -2.19. The molecule has 0 aromatic carbocycles. The molecular formula is C12H15N3O. The van der Waals surface area contributed by atoms with E-state index >= 15 is 0 Å². The topological polar surface area (TPSA) is 52.5 Å². The maximum atomic E-state index is 5.89. The second-order valence-corrected chi connectivity index (χ2v) is 4.26. The number of hydrogen-bond donors (Lipinski definition) is 1. The van der Waals surface area contributed by atoms with Crippen molar-refractivity contribution in [2.45, 2.75) is 18.8 Å². The molecule has 3 rings (SSSR count). The van der Waals surface area contributed by atoms with Crippen molar-refractivity contribution < 1.29 is 4.74 Å². The van der Waals surface area contributed by atoms with Crippen LogP contribution in [0.4, 0.5) is 5.82 Å². The molecule has 1 saturated heterocycles. The molecule has 1 unspecified atom stereocenters. The maximum absolute atomic E-state index is 5.89. The van der Waals surface area contributed by atoms with Crippen molar-refractivity contribution >= 4 is 11.5 Å². The van der Waals surface area contributed by atoms with E-state index in [1.54, 1.807) is 0 Å². The van der Waals surface area contributed by atoms with E-state index in [2.05, 4.69) is 4.98 Å². The fraction of sp³-hybridized carbons (Fsp3) is 0.417. The third-order valence-electron chi connectivity index (χ3n) is 3.12. The minimum Gasteiger partial charge on any atom is -0.385 e. The van der Waals surface area contributed by atoms with Gasteiger partial charge in [0.2, 0.25) is 0 Å². The van der Waals surface area contributed by atoms with Gasteiger partial charge in [0.05, 0.1) is 12.3 Å². The molecule has 84 valence electrons. The minimum atomic E-state index is 0.424. The zero-order valence-corrected chi connectivity index (χ0v) is 9.10. The normalized spacial score (nSPS) is 21.4. The number of nitrogens with zero attached hydrogens (tertiary/aromatic N) is 2. The van der Waals surface area contributed by atoms with Crippen molar-refractivity contribution in [3.8, 4) is 0 Å². The molecule has 2 aromatic rings. The van der Waals surface area contributed by atoms with Gasteiger partial charge in [-0.05, 0) is 25.0 Å². The van der Waals surface area contributed by atoms with Gasteiger partial charge in [-0.1, -0.05) is 6.07 Å². The molecule has 0 bridgehead atoms. The van der Waals surface area contributed by atoms with Gasteiger partial charge in [0.1, 0.15) is 11.5 Å². The van der Waals surface area contributed by atoms with E-state index in [0.29, 0.717) is 5.92 Å². The number of aromatic nitrogens is 2. The highest BCUT2D eigenvalue weighted by atomic mass is 16.5. The Morgan fingerprint density at radius 3 is 3.12 bits per heavy atom. The van der Waals surface area contributed by atoms with Crippen molar-refractivity contribution in [3.63, 3.8) is 0 Å². The quantitative estimate of drug-likeness (QED) is 0.792. The molecule has 0 saturated carbocycles. The number of fused-ring (bicyclic) bond motifs is 1. The predicted molar refractivity (Wildman–Crippen MR) is 62.4 cm³/mol. The molecule has 0 radical (unpaired) electrons. The Balaban J connectivity index is 2.01. The summed E-state index contributed by atoms with van der Waals surface area (Å²) in [6, 6.07) is 5.79. The van der Waals surface area contributed by atoms with Crippen molar-refractivity contribution in [2.24, 2.45) is 0 Å². The molecular weight excluding hydrogens is 202 g/mol. The van der Waals surface area contributed by atoms with Gasteiger partial charge in [0.25, 0.3) is 0 Å². The molecule has 1 atom stereocenters. The second-order valence-electron chi connectivity index (χ2n) is 4.26. The molecule has 2 N–H and O–H groups in total. The number of nitrogens with two attached hydrogens (primary N) is 1. The summed E-state index contributed by atoms with van der Waals surface area (Å²) in [5, 5.41) is 0. The van der Waals surface area contributed by atoms with Crippen LogP contribution in [-0.2, 0) is 4.74 Å².